The predicted molar refractivity (Wildman–Crippen MR) is 125 cm³/mol. The van der Waals surface area contributed by atoms with Crippen LogP contribution < -0.4 is 0 Å². The third-order valence-electron chi connectivity index (χ3n) is 7.88. The number of aliphatic hydroxyl groups excluding tert-OH is 1. The average molecular weight is 527 g/mol. The third kappa shape index (κ3) is 3.84. The zero-order chi connectivity index (χ0) is 23.9. The van der Waals surface area contributed by atoms with Gasteiger partial charge in [-0.05, 0) is 33.1 Å². The largest absolute Gasteiger partial charge is 0.466 e. The second-order valence-electron chi connectivity index (χ2n) is 9.76. The van der Waals surface area contributed by atoms with Gasteiger partial charge in [0.2, 0.25) is 11.8 Å². The summed E-state index contributed by atoms with van der Waals surface area (Å²) in [6, 6.07) is -1.40. The van der Waals surface area contributed by atoms with Crippen molar-refractivity contribution < 1.29 is 29.0 Å². The number of likely N-dealkylation sites (tertiary alicyclic amines) is 1. The first-order valence-electron chi connectivity index (χ1n) is 12.1. The summed E-state index contributed by atoms with van der Waals surface area (Å²) in [5, 5.41) is 9.97. The highest BCUT2D eigenvalue weighted by Crippen LogP contribution is 2.60. The summed E-state index contributed by atoms with van der Waals surface area (Å²) in [5.74, 6) is -2.52. The molecule has 3 heterocycles. The van der Waals surface area contributed by atoms with Crippen molar-refractivity contribution in [2.45, 2.75) is 87.0 Å². The smallest absolute Gasteiger partial charge is 0.312 e. The number of carbonyl (C=O) groups is 3. The molecule has 9 heteroatoms. The van der Waals surface area contributed by atoms with Crippen LogP contribution in [0.25, 0.3) is 0 Å². The molecule has 1 N–H and O–H groups in total. The maximum Gasteiger partial charge on any atom is 0.312 e. The maximum atomic E-state index is 14.2. The Kier molecular flexibility index (Phi) is 7.22. The molecule has 0 aromatic carbocycles. The van der Waals surface area contributed by atoms with Crippen molar-refractivity contribution in [3.05, 3.63) is 12.7 Å². The van der Waals surface area contributed by atoms with Crippen molar-refractivity contribution in [1.29, 1.82) is 0 Å². The van der Waals surface area contributed by atoms with Crippen molar-refractivity contribution in [3.63, 3.8) is 0 Å². The van der Waals surface area contributed by atoms with E-state index in [1.165, 1.54) is 4.90 Å². The molecule has 3 aliphatic heterocycles. The summed E-state index contributed by atoms with van der Waals surface area (Å²) in [6.07, 6.45) is 6.76. The summed E-state index contributed by atoms with van der Waals surface area (Å²) in [5.41, 5.74) is -1.12. The van der Waals surface area contributed by atoms with Gasteiger partial charge in [-0.15, -0.1) is 6.58 Å². The molecule has 184 valence electrons. The number of fused-ring (bicyclic) bond motifs is 1. The minimum absolute atomic E-state index is 0.0836. The van der Waals surface area contributed by atoms with Crippen molar-refractivity contribution in [3.8, 4) is 0 Å². The van der Waals surface area contributed by atoms with E-state index in [9.17, 15) is 19.5 Å². The van der Waals surface area contributed by atoms with E-state index in [1.807, 2.05) is 4.90 Å². The highest BCUT2D eigenvalue weighted by atomic mass is 79.9. The Morgan fingerprint density at radius 3 is 2.70 bits per heavy atom. The van der Waals surface area contributed by atoms with Crippen LogP contribution in [0.2, 0.25) is 0 Å². The first kappa shape index (κ1) is 24.7. The van der Waals surface area contributed by atoms with Crippen LogP contribution in [0.1, 0.15) is 52.4 Å². The molecule has 33 heavy (non-hydrogen) atoms. The number of ether oxygens (including phenoxy) is 2. The van der Waals surface area contributed by atoms with Gasteiger partial charge in [0.1, 0.15) is 11.6 Å². The zero-order valence-corrected chi connectivity index (χ0v) is 21.0. The van der Waals surface area contributed by atoms with Crippen LogP contribution in [0.15, 0.2) is 12.7 Å². The van der Waals surface area contributed by atoms with Crippen LogP contribution in [0.5, 0.6) is 0 Å². The summed E-state index contributed by atoms with van der Waals surface area (Å²) < 4.78 is 11.8. The first-order valence-corrected chi connectivity index (χ1v) is 13.1. The van der Waals surface area contributed by atoms with E-state index in [4.69, 9.17) is 9.47 Å². The zero-order valence-electron chi connectivity index (χ0n) is 19.5. The minimum atomic E-state index is -1.12. The second kappa shape index (κ2) is 9.66. The van der Waals surface area contributed by atoms with Gasteiger partial charge in [-0.25, -0.2) is 0 Å². The minimum Gasteiger partial charge on any atom is -0.466 e. The Balaban J connectivity index is 1.76. The van der Waals surface area contributed by atoms with Crippen molar-refractivity contribution in [1.82, 2.24) is 9.80 Å². The van der Waals surface area contributed by atoms with Gasteiger partial charge in [0.05, 0.1) is 37.2 Å². The molecule has 8 nitrogen and oxygen atoms in total. The van der Waals surface area contributed by atoms with Crippen molar-refractivity contribution in [2.75, 3.05) is 19.8 Å². The Bertz CT molecular complexity index is 802. The van der Waals surface area contributed by atoms with Crippen molar-refractivity contribution in [2.24, 2.45) is 11.8 Å². The number of nitrogens with zero attached hydrogens (tertiary/aromatic N) is 2. The molecule has 2 bridgehead atoms. The molecule has 3 saturated heterocycles. The molecule has 1 aliphatic carbocycles. The van der Waals surface area contributed by atoms with Crippen LogP contribution in [0.4, 0.5) is 0 Å². The molecule has 4 fully saturated rings. The van der Waals surface area contributed by atoms with E-state index in [0.29, 0.717) is 13.0 Å². The number of amides is 2. The topological polar surface area (TPSA) is 96.4 Å². The Labute approximate surface area is 203 Å². The molecule has 0 radical (unpaired) electrons. The van der Waals surface area contributed by atoms with E-state index >= 15 is 0 Å². The highest BCUT2D eigenvalue weighted by molar-refractivity contribution is 9.09. The molecule has 1 saturated carbocycles. The molecule has 3 unspecified atom stereocenters. The average Bonchev–Trinajstić information content (AvgIpc) is 3.40. The lowest BCUT2D eigenvalue weighted by atomic mass is 9.70. The number of aliphatic hydroxyl groups is 1. The summed E-state index contributed by atoms with van der Waals surface area (Å²) >= 11 is 3.65. The number of rotatable bonds is 8. The Morgan fingerprint density at radius 1 is 1.39 bits per heavy atom. The van der Waals surface area contributed by atoms with Gasteiger partial charge in [-0.1, -0.05) is 41.3 Å². The quantitative estimate of drug-likeness (QED) is 0.295. The normalized spacial score (nSPS) is 36.5. The van der Waals surface area contributed by atoms with Gasteiger partial charge in [-0.2, -0.15) is 0 Å². The standard InChI is InChI=1S/C24H35BrN2O6/c1-4-11-26(15-9-7-6-8-10-15)22(30)20-24-12-16(25)19(33-24)17(23(31)32-5-2)18(24)21(29)27(20)14(3)13-28/h4,14-20,28H,1,5-13H2,2-3H3/t14-,16?,17-,18+,19-,20?,24?/m1/s1. The molecule has 0 aromatic rings. The van der Waals surface area contributed by atoms with Crippen LogP contribution >= 0.6 is 15.9 Å². The van der Waals surface area contributed by atoms with E-state index in [1.54, 1.807) is 19.9 Å². The molecule has 1 spiro atoms. The highest BCUT2D eigenvalue weighted by Gasteiger charge is 2.77. The summed E-state index contributed by atoms with van der Waals surface area (Å²) in [6.45, 7) is 7.62. The molecule has 4 aliphatic rings. The van der Waals surface area contributed by atoms with E-state index < -0.39 is 41.6 Å². The van der Waals surface area contributed by atoms with Gasteiger partial charge in [0, 0.05) is 17.4 Å². The van der Waals surface area contributed by atoms with Gasteiger partial charge in [0.25, 0.3) is 0 Å². The van der Waals surface area contributed by atoms with Gasteiger partial charge < -0.3 is 24.4 Å². The number of hydrogen-bond donors (Lipinski definition) is 1. The van der Waals surface area contributed by atoms with Crippen LogP contribution in [-0.2, 0) is 23.9 Å². The first-order chi connectivity index (χ1) is 15.8. The third-order valence-corrected chi connectivity index (χ3v) is 8.73. The number of alkyl halides is 1. The number of halogens is 1. The summed E-state index contributed by atoms with van der Waals surface area (Å²) in [4.78, 5) is 44.1. The van der Waals surface area contributed by atoms with Gasteiger partial charge in [0.15, 0.2) is 0 Å². The predicted octanol–water partition coefficient (Wildman–Crippen LogP) is 2.03. The Morgan fingerprint density at radius 2 is 2.09 bits per heavy atom. The fraction of sp³-hybridized carbons (Fsp3) is 0.792. The summed E-state index contributed by atoms with van der Waals surface area (Å²) in [7, 11) is 0. The molecular weight excluding hydrogens is 492 g/mol. The molecular formula is C24H35BrN2O6. The van der Waals surface area contributed by atoms with Crippen molar-refractivity contribution >= 4 is 33.7 Å². The SMILES string of the molecule is C=CCN(C(=O)C1N([C@H](C)CO)C(=O)[C@@H]2[C@@H](C(=O)OCC)[C@@H]3OC12CC3Br)C1CCCCC1. The van der Waals surface area contributed by atoms with E-state index in [-0.39, 0.29) is 35.9 Å². The number of hydrogen-bond acceptors (Lipinski definition) is 6. The lowest BCUT2D eigenvalue weighted by Crippen LogP contribution is -2.60. The molecule has 4 rings (SSSR count). The van der Waals surface area contributed by atoms with Gasteiger partial charge >= 0.3 is 5.97 Å². The maximum absolute atomic E-state index is 14.2. The number of esters is 1. The fourth-order valence-corrected chi connectivity index (χ4v) is 7.47. The second-order valence-corrected chi connectivity index (χ2v) is 10.9. The van der Waals surface area contributed by atoms with E-state index in [0.717, 1.165) is 32.1 Å². The fourth-order valence-electron chi connectivity index (χ4n) is 6.52. The van der Waals surface area contributed by atoms with Gasteiger partial charge in [-0.3, -0.25) is 14.4 Å². The lowest BCUT2D eigenvalue weighted by Gasteiger charge is -2.42. The molecule has 0 aromatic heterocycles. The van der Waals surface area contributed by atoms with Crippen LogP contribution in [0, 0.1) is 11.8 Å². The number of carbonyl (C=O) groups excluding carboxylic acids is 3. The lowest BCUT2D eigenvalue weighted by molar-refractivity contribution is -0.156. The Hall–Kier alpha value is -1.45. The van der Waals surface area contributed by atoms with Crippen LogP contribution in [-0.4, -0.2) is 87.1 Å². The monoisotopic (exact) mass is 526 g/mol. The van der Waals surface area contributed by atoms with Crippen LogP contribution in [0.3, 0.4) is 0 Å². The molecule has 7 atom stereocenters. The molecule has 2 amide bonds. The van der Waals surface area contributed by atoms with E-state index in [2.05, 4.69) is 22.5 Å².